The molecule has 0 aliphatic carbocycles. The second-order valence-corrected chi connectivity index (χ2v) is 4.50. The van der Waals surface area contributed by atoms with Crippen molar-refractivity contribution in [2.75, 3.05) is 18.9 Å². The van der Waals surface area contributed by atoms with Crippen molar-refractivity contribution in [3.8, 4) is 11.9 Å². The Balaban J connectivity index is 2.51. The van der Waals surface area contributed by atoms with Gasteiger partial charge in [-0.25, -0.2) is 4.98 Å². The lowest BCUT2D eigenvalue weighted by Crippen LogP contribution is -2.22. The van der Waals surface area contributed by atoms with Gasteiger partial charge in [-0.2, -0.15) is 5.26 Å². The highest BCUT2D eigenvalue weighted by Crippen LogP contribution is 2.21. The molecule has 0 aliphatic rings. The first-order chi connectivity index (χ1) is 7.94. The maximum Gasteiger partial charge on any atom is 0.238 e. The van der Waals surface area contributed by atoms with E-state index in [-0.39, 0.29) is 17.2 Å². The van der Waals surface area contributed by atoms with Gasteiger partial charge in [-0.1, -0.05) is 0 Å². The monoisotopic (exact) mass is 235 g/mol. The lowest BCUT2D eigenvalue weighted by atomic mass is 10.2. The number of anilines is 1. The van der Waals surface area contributed by atoms with E-state index in [0.717, 1.165) is 0 Å². The van der Waals surface area contributed by atoms with Crippen LogP contribution in [-0.4, -0.2) is 23.8 Å². The summed E-state index contributed by atoms with van der Waals surface area (Å²) in [6.45, 7) is 6.70. The quantitative estimate of drug-likeness (QED) is 0.804. The summed E-state index contributed by atoms with van der Waals surface area (Å²) in [5.41, 5.74) is 6.15. The minimum Gasteiger partial charge on any atom is -0.474 e. The third-order valence-electron chi connectivity index (χ3n) is 1.93. The van der Waals surface area contributed by atoms with Crippen LogP contribution < -0.4 is 10.5 Å². The van der Waals surface area contributed by atoms with E-state index in [1.165, 1.54) is 6.20 Å². The summed E-state index contributed by atoms with van der Waals surface area (Å²) in [5.74, 6) is 0.279. The summed E-state index contributed by atoms with van der Waals surface area (Å²) in [6, 6.07) is 3.52. The first-order valence-corrected chi connectivity index (χ1v) is 5.35. The molecule has 5 heteroatoms. The lowest BCUT2D eigenvalue weighted by Gasteiger charge is -2.19. The van der Waals surface area contributed by atoms with Crippen LogP contribution in [0.1, 0.15) is 26.3 Å². The normalized spacial score (nSPS) is 10.9. The molecule has 0 aliphatic heterocycles. The van der Waals surface area contributed by atoms with Crippen molar-refractivity contribution in [1.29, 1.82) is 5.26 Å². The number of nitrogens with two attached hydrogens (primary N) is 1. The molecule has 0 amide bonds. The van der Waals surface area contributed by atoms with E-state index in [1.807, 2.05) is 26.8 Å². The van der Waals surface area contributed by atoms with Crippen LogP contribution in [0, 0.1) is 11.3 Å². The predicted octanol–water partition coefficient (Wildman–Crippen LogP) is 1.73. The van der Waals surface area contributed by atoms with E-state index in [2.05, 4.69) is 4.98 Å². The summed E-state index contributed by atoms with van der Waals surface area (Å²) >= 11 is 0. The molecule has 1 heterocycles. The van der Waals surface area contributed by atoms with E-state index < -0.39 is 0 Å². The van der Waals surface area contributed by atoms with Crippen LogP contribution in [0.5, 0.6) is 5.88 Å². The Morgan fingerprint density at radius 1 is 1.41 bits per heavy atom. The number of hydrogen-bond donors (Lipinski definition) is 1. The number of nitrogen functional groups attached to an aromatic ring is 1. The van der Waals surface area contributed by atoms with E-state index in [1.54, 1.807) is 6.07 Å². The van der Waals surface area contributed by atoms with Crippen LogP contribution in [0.2, 0.25) is 0 Å². The third-order valence-corrected chi connectivity index (χ3v) is 1.93. The van der Waals surface area contributed by atoms with Gasteiger partial charge >= 0.3 is 0 Å². The summed E-state index contributed by atoms with van der Waals surface area (Å²) < 4.78 is 10.9. The molecule has 0 radical (unpaired) electrons. The Kier molecular flexibility index (Phi) is 4.30. The first kappa shape index (κ1) is 13.3. The zero-order chi connectivity index (χ0) is 12.9. The second kappa shape index (κ2) is 5.51. The number of rotatable bonds is 4. The molecule has 92 valence electrons. The maximum atomic E-state index is 8.78. The number of aromatic nitrogens is 1. The van der Waals surface area contributed by atoms with Gasteiger partial charge in [0, 0.05) is 6.20 Å². The van der Waals surface area contributed by atoms with Gasteiger partial charge in [-0.15, -0.1) is 0 Å². The van der Waals surface area contributed by atoms with Crippen LogP contribution in [0.15, 0.2) is 12.3 Å². The Labute approximate surface area is 101 Å². The molecule has 0 unspecified atom stereocenters. The van der Waals surface area contributed by atoms with E-state index in [4.69, 9.17) is 20.5 Å². The standard InChI is InChI=1S/C12H17N3O2/c1-12(2,3)17-7-6-16-11-10(14)9(8-13)4-5-15-11/h4-5H,6-7,14H2,1-3H3. The number of pyridine rings is 1. The van der Waals surface area contributed by atoms with Gasteiger partial charge in [0.25, 0.3) is 0 Å². The van der Waals surface area contributed by atoms with E-state index >= 15 is 0 Å². The highest BCUT2D eigenvalue weighted by atomic mass is 16.5. The van der Waals surface area contributed by atoms with Gasteiger partial charge in [0.15, 0.2) is 0 Å². The van der Waals surface area contributed by atoms with Gasteiger partial charge < -0.3 is 15.2 Å². The Morgan fingerprint density at radius 3 is 2.71 bits per heavy atom. The molecule has 17 heavy (non-hydrogen) atoms. The third kappa shape index (κ3) is 4.29. The minimum absolute atomic E-state index is 0.198. The van der Waals surface area contributed by atoms with E-state index in [0.29, 0.717) is 18.8 Å². The molecule has 1 rings (SSSR count). The fourth-order valence-electron chi connectivity index (χ4n) is 1.15. The molecule has 0 bridgehead atoms. The Bertz CT molecular complexity index is 419. The molecule has 0 atom stereocenters. The average Bonchev–Trinajstić information content (AvgIpc) is 2.25. The van der Waals surface area contributed by atoms with Crippen molar-refractivity contribution in [3.05, 3.63) is 17.8 Å². The van der Waals surface area contributed by atoms with Crippen LogP contribution in [0.4, 0.5) is 5.69 Å². The Hall–Kier alpha value is -1.80. The molecule has 0 fully saturated rings. The SMILES string of the molecule is CC(C)(C)OCCOc1nccc(C#N)c1N. The van der Waals surface area contributed by atoms with Gasteiger partial charge in [0.05, 0.1) is 17.8 Å². The molecule has 1 aromatic heterocycles. The first-order valence-electron chi connectivity index (χ1n) is 5.35. The predicted molar refractivity (Wildman–Crippen MR) is 64.6 cm³/mol. The Morgan fingerprint density at radius 2 is 2.12 bits per heavy atom. The van der Waals surface area contributed by atoms with Crippen molar-refractivity contribution >= 4 is 5.69 Å². The largest absolute Gasteiger partial charge is 0.474 e. The molecule has 0 spiro atoms. The minimum atomic E-state index is -0.198. The maximum absolute atomic E-state index is 8.78. The van der Waals surface area contributed by atoms with Crippen LogP contribution in [-0.2, 0) is 4.74 Å². The van der Waals surface area contributed by atoms with Crippen LogP contribution >= 0.6 is 0 Å². The zero-order valence-electron chi connectivity index (χ0n) is 10.4. The smallest absolute Gasteiger partial charge is 0.238 e. The van der Waals surface area contributed by atoms with E-state index in [9.17, 15) is 0 Å². The summed E-state index contributed by atoms with van der Waals surface area (Å²) in [4.78, 5) is 3.97. The van der Waals surface area contributed by atoms with Crippen LogP contribution in [0.3, 0.4) is 0 Å². The second-order valence-electron chi connectivity index (χ2n) is 4.50. The number of nitriles is 1. The van der Waals surface area contributed by atoms with Crippen molar-refractivity contribution < 1.29 is 9.47 Å². The number of nitrogens with zero attached hydrogens (tertiary/aromatic N) is 2. The van der Waals surface area contributed by atoms with Gasteiger partial charge in [0.2, 0.25) is 5.88 Å². The topological polar surface area (TPSA) is 81.2 Å². The van der Waals surface area contributed by atoms with Crippen molar-refractivity contribution in [3.63, 3.8) is 0 Å². The average molecular weight is 235 g/mol. The molecule has 1 aromatic rings. The highest BCUT2D eigenvalue weighted by molar-refractivity contribution is 5.59. The fourth-order valence-corrected chi connectivity index (χ4v) is 1.15. The molecule has 2 N–H and O–H groups in total. The molecule has 5 nitrogen and oxygen atoms in total. The molecular weight excluding hydrogens is 218 g/mol. The molecule has 0 saturated carbocycles. The summed E-state index contributed by atoms with van der Waals surface area (Å²) in [6.07, 6.45) is 1.49. The fraction of sp³-hybridized carbons (Fsp3) is 0.500. The van der Waals surface area contributed by atoms with Crippen LogP contribution in [0.25, 0.3) is 0 Å². The van der Waals surface area contributed by atoms with Crippen molar-refractivity contribution in [1.82, 2.24) is 4.98 Å². The molecule has 0 saturated heterocycles. The lowest BCUT2D eigenvalue weighted by molar-refractivity contribution is -0.0167. The number of hydrogen-bond acceptors (Lipinski definition) is 5. The summed E-state index contributed by atoms with van der Waals surface area (Å²) in [5, 5.41) is 8.78. The van der Waals surface area contributed by atoms with Gasteiger partial charge in [-0.3, -0.25) is 0 Å². The summed E-state index contributed by atoms with van der Waals surface area (Å²) in [7, 11) is 0. The number of ether oxygens (including phenoxy) is 2. The molecule has 0 aromatic carbocycles. The van der Waals surface area contributed by atoms with Crippen molar-refractivity contribution in [2.45, 2.75) is 26.4 Å². The zero-order valence-corrected chi connectivity index (χ0v) is 10.4. The van der Waals surface area contributed by atoms with Gasteiger partial charge in [-0.05, 0) is 26.8 Å². The van der Waals surface area contributed by atoms with Crippen molar-refractivity contribution in [2.24, 2.45) is 0 Å². The highest BCUT2D eigenvalue weighted by Gasteiger charge is 2.10. The molecular formula is C12H17N3O2. The van der Waals surface area contributed by atoms with Gasteiger partial charge in [0.1, 0.15) is 18.4 Å².